The standard InChI is InChI=1S/C5H4Br2O2/c1-3(5(7)9)2-4(6)8/h1-2H2. The normalized spacial score (nSPS) is 8.67. The highest BCUT2D eigenvalue weighted by molar-refractivity contribution is 9.18. The first-order valence-electron chi connectivity index (χ1n) is 2.10. The van der Waals surface area contributed by atoms with Gasteiger partial charge in [-0.3, -0.25) is 9.59 Å². The largest absolute Gasteiger partial charge is 0.286 e. The van der Waals surface area contributed by atoms with E-state index in [1.165, 1.54) is 0 Å². The molecule has 0 N–H and O–H groups in total. The van der Waals surface area contributed by atoms with Crippen LogP contribution in [-0.4, -0.2) is 9.39 Å². The molecule has 50 valence electrons. The van der Waals surface area contributed by atoms with Crippen LogP contribution in [0.5, 0.6) is 0 Å². The third kappa shape index (κ3) is 4.54. The first-order chi connectivity index (χ1) is 4.04. The van der Waals surface area contributed by atoms with E-state index in [0.717, 1.165) is 0 Å². The lowest BCUT2D eigenvalue weighted by Gasteiger charge is -1.90. The molecule has 0 aliphatic carbocycles. The van der Waals surface area contributed by atoms with Gasteiger partial charge in [0.05, 0.1) is 0 Å². The second-order valence-corrected chi connectivity index (χ2v) is 3.01. The molecule has 0 aromatic rings. The summed E-state index contributed by atoms with van der Waals surface area (Å²) in [5.41, 5.74) is 0.261. The zero-order valence-corrected chi connectivity index (χ0v) is 7.66. The van der Waals surface area contributed by atoms with Crippen LogP contribution in [0.1, 0.15) is 6.42 Å². The van der Waals surface area contributed by atoms with Gasteiger partial charge >= 0.3 is 0 Å². The number of rotatable bonds is 3. The second kappa shape index (κ2) is 3.95. The van der Waals surface area contributed by atoms with Crippen LogP contribution >= 0.6 is 31.9 Å². The van der Waals surface area contributed by atoms with Crippen molar-refractivity contribution in [1.82, 2.24) is 0 Å². The molecular formula is C5H4Br2O2. The van der Waals surface area contributed by atoms with E-state index >= 15 is 0 Å². The lowest BCUT2D eigenvalue weighted by Crippen LogP contribution is -1.94. The molecule has 0 aromatic carbocycles. The molecule has 0 rings (SSSR count). The minimum Gasteiger partial charge on any atom is -0.286 e. The van der Waals surface area contributed by atoms with Gasteiger partial charge in [-0.2, -0.15) is 0 Å². The first-order valence-corrected chi connectivity index (χ1v) is 3.68. The minimum absolute atomic E-state index is 0.0596. The Kier molecular flexibility index (Phi) is 3.97. The number of allylic oxidation sites excluding steroid dienone is 1. The maximum absolute atomic E-state index is 10.3. The highest BCUT2D eigenvalue weighted by Gasteiger charge is 2.04. The lowest BCUT2D eigenvalue weighted by molar-refractivity contribution is -0.112. The van der Waals surface area contributed by atoms with Gasteiger partial charge in [-0.1, -0.05) is 6.58 Å². The van der Waals surface area contributed by atoms with Crippen molar-refractivity contribution in [2.24, 2.45) is 0 Å². The van der Waals surface area contributed by atoms with Crippen molar-refractivity contribution >= 4 is 41.2 Å². The Morgan fingerprint density at radius 2 is 1.78 bits per heavy atom. The molecule has 0 heterocycles. The van der Waals surface area contributed by atoms with Crippen molar-refractivity contribution in [2.75, 3.05) is 0 Å². The zero-order valence-electron chi connectivity index (χ0n) is 4.49. The molecule has 0 fully saturated rings. The lowest BCUT2D eigenvalue weighted by atomic mass is 10.3. The van der Waals surface area contributed by atoms with E-state index in [-0.39, 0.29) is 21.4 Å². The number of carbonyl (C=O) groups excluding carboxylic acids is 2. The summed E-state index contributed by atoms with van der Waals surface area (Å²) in [5, 5.41) is 0. The topological polar surface area (TPSA) is 34.1 Å². The summed E-state index contributed by atoms with van der Waals surface area (Å²) in [6.07, 6.45) is 0.0596. The number of carbonyl (C=O) groups is 2. The molecule has 0 atom stereocenters. The van der Waals surface area contributed by atoms with E-state index in [1.807, 2.05) is 0 Å². The van der Waals surface area contributed by atoms with Gasteiger partial charge in [-0.05, 0) is 31.9 Å². The molecule has 0 aliphatic heterocycles. The van der Waals surface area contributed by atoms with Gasteiger partial charge in [0.25, 0.3) is 0 Å². The summed E-state index contributed by atoms with van der Waals surface area (Å²) in [6.45, 7) is 3.35. The molecule has 0 saturated heterocycles. The summed E-state index contributed by atoms with van der Waals surface area (Å²) in [5.74, 6) is 0. The Morgan fingerprint density at radius 1 is 1.33 bits per heavy atom. The van der Waals surface area contributed by atoms with Crippen LogP contribution in [-0.2, 0) is 9.59 Å². The smallest absolute Gasteiger partial charge is 0.223 e. The van der Waals surface area contributed by atoms with E-state index in [1.54, 1.807) is 0 Å². The maximum atomic E-state index is 10.3. The molecule has 0 spiro atoms. The van der Waals surface area contributed by atoms with Crippen molar-refractivity contribution in [1.29, 1.82) is 0 Å². The minimum atomic E-state index is -0.324. The van der Waals surface area contributed by atoms with Crippen LogP contribution in [0.2, 0.25) is 0 Å². The summed E-state index contributed by atoms with van der Waals surface area (Å²) >= 11 is 5.33. The number of hydrogen-bond acceptors (Lipinski definition) is 2. The first kappa shape index (κ1) is 9.04. The highest BCUT2D eigenvalue weighted by Crippen LogP contribution is 2.07. The SMILES string of the molecule is C=C(CC(=O)Br)C(=O)Br. The quantitative estimate of drug-likeness (QED) is 0.569. The fraction of sp³-hybridized carbons (Fsp3) is 0.200. The van der Waals surface area contributed by atoms with Crippen LogP contribution < -0.4 is 0 Å². The Morgan fingerprint density at radius 3 is 1.89 bits per heavy atom. The van der Waals surface area contributed by atoms with Crippen LogP contribution in [0.15, 0.2) is 12.2 Å². The van der Waals surface area contributed by atoms with E-state index in [2.05, 4.69) is 38.4 Å². The average molecular weight is 256 g/mol. The van der Waals surface area contributed by atoms with Crippen molar-refractivity contribution < 1.29 is 9.59 Å². The molecule has 0 aromatic heterocycles. The molecule has 0 saturated carbocycles. The fourth-order valence-electron chi connectivity index (χ4n) is 0.237. The van der Waals surface area contributed by atoms with Crippen LogP contribution in [0.25, 0.3) is 0 Å². The Balaban J connectivity index is 3.79. The van der Waals surface area contributed by atoms with E-state index in [4.69, 9.17) is 0 Å². The van der Waals surface area contributed by atoms with E-state index in [9.17, 15) is 9.59 Å². The molecule has 4 heteroatoms. The van der Waals surface area contributed by atoms with Crippen molar-refractivity contribution in [2.45, 2.75) is 6.42 Å². The third-order valence-corrected chi connectivity index (χ3v) is 1.47. The maximum Gasteiger partial charge on any atom is 0.223 e. The van der Waals surface area contributed by atoms with E-state index in [0.29, 0.717) is 0 Å². The predicted molar refractivity (Wildman–Crippen MR) is 41.6 cm³/mol. The molecular weight excluding hydrogens is 252 g/mol. The number of halogens is 2. The Labute approximate surface area is 69.6 Å². The fourth-order valence-corrected chi connectivity index (χ4v) is 0.716. The van der Waals surface area contributed by atoms with Crippen molar-refractivity contribution in [3.8, 4) is 0 Å². The number of hydrogen-bond donors (Lipinski definition) is 0. The third-order valence-electron chi connectivity index (χ3n) is 0.630. The highest BCUT2D eigenvalue weighted by atomic mass is 79.9. The van der Waals surface area contributed by atoms with E-state index < -0.39 is 0 Å². The summed E-state index contributed by atoms with van der Waals surface area (Å²) < 4.78 is -0.560. The summed E-state index contributed by atoms with van der Waals surface area (Å²) in [7, 11) is 0. The van der Waals surface area contributed by atoms with Gasteiger partial charge in [0.2, 0.25) is 9.39 Å². The molecule has 2 nitrogen and oxygen atoms in total. The van der Waals surface area contributed by atoms with Gasteiger partial charge < -0.3 is 0 Å². The van der Waals surface area contributed by atoms with Crippen LogP contribution in [0, 0.1) is 0 Å². The van der Waals surface area contributed by atoms with Crippen LogP contribution in [0.3, 0.4) is 0 Å². The predicted octanol–water partition coefficient (Wildman–Crippen LogP) is 1.78. The second-order valence-electron chi connectivity index (χ2n) is 1.41. The van der Waals surface area contributed by atoms with Gasteiger partial charge in [0.1, 0.15) is 0 Å². The Hall–Kier alpha value is 0.0400. The summed E-state index contributed by atoms with van der Waals surface area (Å²) in [4.78, 5) is 20.6. The van der Waals surface area contributed by atoms with Gasteiger partial charge in [0, 0.05) is 12.0 Å². The molecule has 0 radical (unpaired) electrons. The molecule has 0 bridgehead atoms. The Bertz CT molecular complexity index is 162. The average Bonchev–Trinajstić information content (AvgIpc) is 1.63. The molecule has 0 aliphatic rings. The van der Waals surface area contributed by atoms with Gasteiger partial charge in [-0.15, -0.1) is 0 Å². The zero-order chi connectivity index (χ0) is 7.44. The van der Waals surface area contributed by atoms with Crippen molar-refractivity contribution in [3.05, 3.63) is 12.2 Å². The van der Waals surface area contributed by atoms with Crippen molar-refractivity contribution in [3.63, 3.8) is 0 Å². The molecule has 0 amide bonds. The van der Waals surface area contributed by atoms with Gasteiger partial charge in [-0.25, -0.2) is 0 Å². The summed E-state index contributed by atoms with van der Waals surface area (Å²) in [6, 6.07) is 0. The van der Waals surface area contributed by atoms with Crippen LogP contribution in [0.4, 0.5) is 0 Å². The monoisotopic (exact) mass is 254 g/mol. The molecule has 9 heavy (non-hydrogen) atoms. The molecule has 0 unspecified atom stereocenters. The van der Waals surface area contributed by atoms with Gasteiger partial charge in [0.15, 0.2) is 0 Å².